The van der Waals surface area contributed by atoms with E-state index in [1.165, 1.54) is 0 Å². The van der Waals surface area contributed by atoms with Gasteiger partial charge in [-0.3, -0.25) is 0 Å². The maximum absolute atomic E-state index is 11.4. The van der Waals surface area contributed by atoms with E-state index in [9.17, 15) is 22.0 Å². The number of aliphatic imine (C=N–C) groups is 1. The summed E-state index contributed by atoms with van der Waals surface area (Å²) in [5.74, 6) is 0. The van der Waals surface area contributed by atoms with Crippen LogP contribution in [0.4, 0.5) is 22.0 Å². The van der Waals surface area contributed by atoms with Gasteiger partial charge in [0.2, 0.25) is 5.71 Å². The van der Waals surface area contributed by atoms with E-state index < -0.39 is 17.9 Å². The number of rotatable bonds is 0. The zero-order valence-corrected chi connectivity index (χ0v) is 3.84. The lowest BCUT2D eigenvalue weighted by Crippen LogP contribution is -2.22. The van der Waals surface area contributed by atoms with Crippen LogP contribution in [-0.4, -0.2) is 17.9 Å². The quantitative estimate of drug-likeness (QED) is 0.362. The Kier molecular flexibility index (Phi) is 0.891. The fourth-order valence-electron chi connectivity index (χ4n) is 0.346. The summed E-state index contributed by atoms with van der Waals surface area (Å²) >= 11 is 0. The van der Waals surface area contributed by atoms with E-state index in [1.54, 1.807) is 0 Å². The average Bonchev–Trinajstić information content (AvgIpc) is 2.10. The molecule has 1 heterocycles. The van der Waals surface area contributed by atoms with Crippen LogP contribution in [0, 0.1) is 0 Å². The third-order valence-corrected chi connectivity index (χ3v) is 0.756. The van der Waals surface area contributed by atoms with Gasteiger partial charge in [0.1, 0.15) is 0 Å². The molecular weight excluding hydrogens is 145 g/mol. The van der Waals surface area contributed by atoms with Gasteiger partial charge in [0.05, 0.1) is 0 Å². The second kappa shape index (κ2) is 1.25. The number of hydrogen-bond donors (Lipinski definition) is 0. The third kappa shape index (κ3) is 1.01. The highest BCUT2D eigenvalue weighted by atomic mass is 19.4. The van der Waals surface area contributed by atoms with Gasteiger partial charge in [-0.2, -0.15) is 22.0 Å². The predicted molar refractivity (Wildman–Crippen MR) is 18.4 cm³/mol. The molecule has 0 aromatic carbocycles. The lowest BCUT2D eigenvalue weighted by molar-refractivity contribution is -0.0642. The summed E-state index contributed by atoms with van der Waals surface area (Å²) in [7, 11) is 0. The van der Waals surface area contributed by atoms with Gasteiger partial charge in [0.25, 0.3) is 0 Å². The van der Waals surface area contributed by atoms with E-state index in [2.05, 4.69) is 0 Å². The molecule has 9 heavy (non-hydrogen) atoms. The largest absolute Gasteiger partial charge is 0.437 e. The molecule has 52 valence electrons. The molecule has 0 radical (unpaired) electrons. The van der Waals surface area contributed by atoms with Gasteiger partial charge in [0.15, 0.2) is 0 Å². The van der Waals surface area contributed by atoms with Gasteiger partial charge < -0.3 is 0 Å². The van der Waals surface area contributed by atoms with Crippen molar-refractivity contribution in [1.29, 1.82) is 0 Å². The van der Waals surface area contributed by atoms with Gasteiger partial charge in [-0.05, 0) is 0 Å². The van der Waals surface area contributed by atoms with E-state index in [-0.39, 0.29) is 0 Å². The van der Waals surface area contributed by atoms with Crippen molar-refractivity contribution in [2.45, 2.75) is 12.2 Å². The zero-order valence-electron chi connectivity index (χ0n) is 3.84. The molecule has 1 aliphatic heterocycles. The summed E-state index contributed by atoms with van der Waals surface area (Å²) in [5, 5.41) is 0. The Morgan fingerprint density at radius 1 is 1.22 bits per heavy atom. The Morgan fingerprint density at radius 2 is 1.56 bits per heavy atom. The van der Waals surface area contributed by atoms with E-state index in [0.29, 0.717) is 0 Å². The second-order valence-electron chi connectivity index (χ2n) is 1.50. The molecule has 0 atom stereocenters. The van der Waals surface area contributed by atoms with E-state index in [0.717, 1.165) is 0 Å². The molecule has 0 aliphatic carbocycles. The second-order valence-corrected chi connectivity index (χ2v) is 1.50. The van der Waals surface area contributed by atoms with Gasteiger partial charge in [-0.25, -0.2) is 4.99 Å². The van der Waals surface area contributed by atoms with Gasteiger partial charge in [0, 0.05) is 0 Å². The Balaban J connectivity index is 2.62. The minimum absolute atomic E-state index is 1.92. The van der Waals surface area contributed by atoms with E-state index in [1.807, 2.05) is 4.99 Å². The molecule has 0 spiro atoms. The summed E-state index contributed by atoms with van der Waals surface area (Å²) in [6.07, 6.45) is -4.95. The topological polar surface area (TPSA) is 12.4 Å². The lowest BCUT2D eigenvalue weighted by atomic mass is 10.4. The molecule has 1 aliphatic rings. The van der Waals surface area contributed by atoms with E-state index >= 15 is 0 Å². The minimum atomic E-state index is -4.95. The first-order chi connectivity index (χ1) is 3.84. The first kappa shape index (κ1) is 6.44. The Hall–Kier alpha value is -0.680. The van der Waals surface area contributed by atoms with Crippen molar-refractivity contribution in [1.82, 2.24) is 0 Å². The van der Waals surface area contributed by atoms with Crippen LogP contribution in [0.5, 0.6) is 0 Å². The van der Waals surface area contributed by atoms with Crippen molar-refractivity contribution < 1.29 is 22.0 Å². The summed E-state index contributed by atoms with van der Waals surface area (Å²) in [6.45, 7) is 0. The molecule has 0 amide bonds. The fourth-order valence-corrected chi connectivity index (χ4v) is 0.346. The number of nitrogens with zero attached hydrogens (tertiary/aromatic N) is 1. The molecule has 0 saturated heterocycles. The molecule has 0 fully saturated rings. The SMILES string of the molecule is FC(F)(F)C1=NC1(F)F. The normalized spacial score (nSPS) is 23.4. The molecule has 0 N–H and O–H groups in total. The molecule has 0 aromatic heterocycles. The molecule has 6 heteroatoms. The maximum Gasteiger partial charge on any atom is 0.437 e. The van der Waals surface area contributed by atoms with Crippen LogP contribution >= 0.6 is 0 Å². The number of alkyl halides is 5. The Bertz CT molecular complexity index is 166. The predicted octanol–water partition coefficient (Wildman–Crippen LogP) is 1.60. The average molecular weight is 145 g/mol. The minimum Gasteiger partial charge on any atom is -0.202 e. The Labute approximate surface area is 46.2 Å². The highest BCUT2D eigenvalue weighted by molar-refractivity contribution is 6.06. The van der Waals surface area contributed by atoms with Crippen LogP contribution in [0.3, 0.4) is 0 Å². The molecule has 0 bridgehead atoms. The van der Waals surface area contributed by atoms with Gasteiger partial charge in [-0.15, -0.1) is 0 Å². The van der Waals surface area contributed by atoms with Crippen LogP contribution in [0.15, 0.2) is 4.99 Å². The van der Waals surface area contributed by atoms with Gasteiger partial charge >= 0.3 is 12.2 Å². The summed E-state index contributed by atoms with van der Waals surface area (Å²) < 4.78 is 56.1. The molecule has 0 saturated carbocycles. The van der Waals surface area contributed by atoms with Crippen molar-refractivity contribution in [3.05, 3.63) is 0 Å². The smallest absolute Gasteiger partial charge is 0.202 e. The lowest BCUT2D eigenvalue weighted by Gasteiger charge is -1.96. The molecular formula is C3F5N. The highest BCUT2D eigenvalue weighted by Crippen LogP contribution is 2.40. The van der Waals surface area contributed by atoms with Crippen LogP contribution in [0.25, 0.3) is 0 Å². The molecule has 1 rings (SSSR count). The molecule has 0 aromatic rings. The van der Waals surface area contributed by atoms with Crippen molar-refractivity contribution in [2.24, 2.45) is 4.99 Å². The highest BCUT2D eigenvalue weighted by Gasteiger charge is 2.63. The molecule has 1 nitrogen and oxygen atoms in total. The van der Waals surface area contributed by atoms with Crippen LogP contribution in [0.1, 0.15) is 0 Å². The first-order valence-corrected chi connectivity index (χ1v) is 1.89. The fraction of sp³-hybridized carbons (Fsp3) is 0.667. The number of hydrogen-bond acceptors (Lipinski definition) is 1. The van der Waals surface area contributed by atoms with Crippen LogP contribution < -0.4 is 0 Å². The molecule has 0 unspecified atom stereocenters. The van der Waals surface area contributed by atoms with Crippen molar-refractivity contribution in [3.8, 4) is 0 Å². The first-order valence-electron chi connectivity index (χ1n) is 1.89. The van der Waals surface area contributed by atoms with Crippen molar-refractivity contribution in [3.63, 3.8) is 0 Å². The van der Waals surface area contributed by atoms with E-state index in [4.69, 9.17) is 0 Å². The maximum atomic E-state index is 11.4. The summed E-state index contributed by atoms with van der Waals surface area (Å²) in [6, 6.07) is -3.93. The van der Waals surface area contributed by atoms with Gasteiger partial charge in [-0.1, -0.05) is 0 Å². The number of halogens is 5. The Morgan fingerprint density at radius 3 is 1.56 bits per heavy atom. The summed E-state index contributed by atoms with van der Waals surface area (Å²) in [5.41, 5.74) is -1.98. The zero-order chi connectivity index (χ0) is 7.28. The van der Waals surface area contributed by atoms with Crippen LogP contribution in [-0.2, 0) is 0 Å². The summed E-state index contributed by atoms with van der Waals surface area (Å²) in [4.78, 5) is 1.92. The van der Waals surface area contributed by atoms with Crippen molar-refractivity contribution >= 4 is 5.71 Å². The monoisotopic (exact) mass is 145 g/mol. The van der Waals surface area contributed by atoms with Crippen molar-refractivity contribution in [2.75, 3.05) is 0 Å². The third-order valence-electron chi connectivity index (χ3n) is 0.756. The van der Waals surface area contributed by atoms with Crippen LogP contribution in [0.2, 0.25) is 0 Å². The standard InChI is InChI=1S/C3F5N/c4-2(5,6)1-3(7,8)9-1.